The number of rotatable bonds is 8. The maximum atomic E-state index is 11.9. The van der Waals surface area contributed by atoms with Gasteiger partial charge in [0, 0.05) is 10.7 Å². The first kappa shape index (κ1) is 21.9. The number of hydrazone groups is 1. The molecule has 0 radical (unpaired) electrons. The molecule has 3 rings (SSSR count). The van der Waals surface area contributed by atoms with Crippen LogP contribution in [-0.2, 0) is 11.4 Å². The molecule has 0 aliphatic carbocycles. The maximum Gasteiger partial charge on any atom is 0.259 e. The number of carbonyl (C=O) groups is 1. The zero-order chi connectivity index (χ0) is 21.3. The second-order valence-electron chi connectivity index (χ2n) is 6.62. The Hall–Kier alpha value is -2.83. The largest absolute Gasteiger partial charge is 0.488 e. The molecule has 0 aromatic heterocycles. The van der Waals surface area contributed by atoms with Gasteiger partial charge in [0.2, 0.25) is 0 Å². The molecule has 154 valence electrons. The first-order chi connectivity index (χ1) is 14.5. The summed E-state index contributed by atoms with van der Waals surface area (Å²) in [5.74, 6) is 0.488. The van der Waals surface area contributed by atoms with Crippen LogP contribution in [0.1, 0.15) is 16.7 Å². The first-order valence-corrected chi connectivity index (χ1v) is 10.5. The molecule has 0 aliphatic rings. The van der Waals surface area contributed by atoms with Gasteiger partial charge in [0.1, 0.15) is 12.4 Å². The van der Waals surface area contributed by atoms with Gasteiger partial charge in [-0.2, -0.15) is 5.10 Å². The molecule has 5 nitrogen and oxygen atoms in total. The third-order valence-electron chi connectivity index (χ3n) is 4.17. The van der Waals surface area contributed by atoms with Crippen molar-refractivity contribution >= 4 is 45.3 Å². The van der Waals surface area contributed by atoms with Gasteiger partial charge >= 0.3 is 0 Å². The molecular formula is C23H21BrClN3O2. The standard InChI is InChI=1S/C23H21BrClN3O2/c1-16-2-9-20(10-3-16)26-14-23(29)28-27-13-18-6-11-22(21(24)12-18)30-15-17-4-7-19(25)8-5-17/h2-13,26H,14-15H2,1H3,(H,28,29)/b27-13-. The number of halogens is 2. The van der Waals surface area contributed by atoms with E-state index < -0.39 is 0 Å². The Morgan fingerprint density at radius 1 is 1.10 bits per heavy atom. The van der Waals surface area contributed by atoms with Crippen molar-refractivity contribution < 1.29 is 9.53 Å². The highest BCUT2D eigenvalue weighted by Crippen LogP contribution is 2.26. The summed E-state index contributed by atoms with van der Waals surface area (Å²) in [4.78, 5) is 11.9. The average molecular weight is 487 g/mol. The van der Waals surface area contributed by atoms with E-state index in [9.17, 15) is 4.79 Å². The van der Waals surface area contributed by atoms with Crippen LogP contribution in [0.3, 0.4) is 0 Å². The average Bonchev–Trinajstić information content (AvgIpc) is 2.74. The smallest absolute Gasteiger partial charge is 0.259 e. The van der Waals surface area contributed by atoms with Crippen molar-refractivity contribution in [1.82, 2.24) is 5.43 Å². The van der Waals surface area contributed by atoms with E-state index in [0.29, 0.717) is 17.4 Å². The highest BCUT2D eigenvalue weighted by Gasteiger charge is 2.04. The Bertz CT molecular complexity index is 1020. The van der Waals surface area contributed by atoms with Gasteiger partial charge in [0.15, 0.2) is 0 Å². The number of hydrogen-bond acceptors (Lipinski definition) is 4. The quantitative estimate of drug-likeness (QED) is 0.324. The van der Waals surface area contributed by atoms with Crippen molar-refractivity contribution in [3.05, 3.63) is 92.9 Å². The normalized spacial score (nSPS) is 10.8. The molecule has 0 saturated carbocycles. The van der Waals surface area contributed by atoms with Crippen molar-refractivity contribution in [3.63, 3.8) is 0 Å². The first-order valence-electron chi connectivity index (χ1n) is 9.29. The van der Waals surface area contributed by atoms with E-state index in [1.807, 2.05) is 73.7 Å². The van der Waals surface area contributed by atoms with Crippen LogP contribution in [0.25, 0.3) is 0 Å². The van der Waals surface area contributed by atoms with Gasteiger partial charge in [-0.15, -0.1) is 0 Å². The van der Waals surface area contributed by atoms with E-state index in [4.69, 9.17) is 16.3 Å². The fourth-order valence-electron chi connectivity index (χ4n) is 2.53. The summed E-state index contributed by atoms with van der Waals surface area (Å²) in [6.45, 7) is 2.59. The molecule has 0 atom stereocenters. The predicted octanol–water partition coefficient (Wildman–Crippen LogP) is 5.55. The second kappa shape index (κ2) is 10.8. The number of amides is 1. The van der Waals surface area contributed by atoms with Crippen LogP contribution in [0, 0.1) is 6.92 Å². The Labute approximate surface area is 189 Å². The lowest BCUT2D eigenvalue weighted by Crippen LogP contribution is -2.25. The molecule has 0 aliphatic heterocycles. The van der Waals surface area contributed by atoms with Crippen LogP contribution in [0.4, 0.5) is 5.69 Å². The molecule has 1 amide bonds. The van der Waals surface area contributed by atoms with Crippen molar-refractivity contribution in [1.29, 1.82) is 0 Å². The van der Waals surface area contributed by atoms with Gasteiger partial charge in [-0.1, -0.05) is 41.4 Å². The minimum Gasteiger partial charge on any atom is -0.488 e. The van der Waals surface area contributed by atoms with Crippen LogP contribution < -0.4 is 15.5 Å². The number of carbonyl (C=O) groups excluding carboxylic acids is 1. The van der Waals surface area contributed by atoms with Crippen LogP contribution >= 0.6 is 27.5 Å². The van der Waals surface area contributed by atoms with Gasteiger partial charge in [-0.25, -0.2) is 5.43 Å². The molecule has 2 N–H and O–H groups in total. The minimum atomic E-state index is -0.228. The fourth-order valence-corrected chi connectivity index (χ4v) is 3.17. The highest BCUT2D eigenvalue weighted by atomic mass is 79.9. The van der Waals surface area contributed by atoms with Crippen LogP contribution in [-0.4, -0.2) is 18.7 Å². The van der Waals surface area contributed by atoms with Crippen molar-refractivity contribution in [2.24, 2.45) is 5.10 Å². The topological polar surface area (TPSA) is 62.7 Å². The summed E-state index contributed by atoms with van der Waals surface area (Å²) in [6.07, 6.45) is 1.58. The van der Waals surface area contributed by atoms with Gasteiger partial charge < -0.3 is 10.1 Å². The SMILES string of the molecule is Cc1ccc(NCC(=O)N/N=C\c2ccc(OCc3ccc(Cl)cc3)c(Br)c2)cc1. The lowest BCUT2D eigenvalue weighted by molar-refractivity contribution is -0.119. The third-order valence-corrected chi connectivity index (χ3v) is 5.04. The number of nitrogens with one attached hydrogen (secondary N) is 2. The van der Waals surface area contributed by atoms with Crippen molar-refractivity contribution in [2.75, 3.05) is 11.9 Å². The van der Waals surface area contributed by atoms with E-state index in [1.54, 1.807) is 6.21 Å². The van der Waals surface area contributed by atoms with Gasteiger partial charge in [-0.3, -0.25) is 4.79 Å². The van der Waals surface area contributed by atoms with Crippen LogP contribution in [0.5, 0.6) is 5.75 Å². The van der Waals surface area contributed by atoms with Crippen molar-refractivity contribution in [2.45, 2.75) is 13.5 Å². The third kappa shape index (κ3) is 6.90. The molecule has 3 aromatic carbocycles. The lowest BCUT2D eigenvalue weighted by atomic mass is 10.2. The van der Waals surface area contributed by atoms with Gasteiger partial charge in [-0.05, 0) is 76.4 Å². The lowest BCUT2D eigenvalue weighted by Gasteiger charge is -2.09. The summed E-state index contributed by atoms with van der Waals surface area (Å²) in [5.41, 5.74) is 6.42. The molecule has 0 bridgehead atoms. The van der Waals surface area contributed by atoms with E-state index in [2.05, 4.69) is 31.8 Å². The number of anilines is 1. The minimum absolute atomic E-state index is 0.140. The van der Waals surface area contributed by atoms with Crippen LogP contribution in [0.15, 0.2) is 76.3 Å². The number of hydrogen-bond donors (Lipinski definition) is 2. The molecule has 0 unspecified atom stereocenters. The van der Waals surface area contributed by atoms with E-state index in [1.165, 1.54) is 5.56 Å². The highest BCUT2D eigenvalue weighted by molar-refractivity contribution is 9.10. The fraction of sp³-hybridized carbons (Fsp3) is 0.130. The summed E-state index contributed by atoms with van der Waals surface area (Å²) in [7, 11) is 0. The zero-order valence-corrected chi connectivity index (χ0v) is 18.7. The van der Waals surface area contributed by atoms with Crippen LogP contribution in [0.2, 0.25) is 5.02 Å². The van der Waals surface area contributed by atoms with Gasteiger partial charge in [0.05, 0.1) is 17.2 Å². The monoisotopic (exact) mass is 485 g/mol. The van der Waals surface area contributed by atoms with E-state index in [0.717, 1.165) is 21.3 Å². The molecule has 0 heterocycles. The predicted molar refractivity (Wildman–Crippen MR) is 125 cm³/mol. The van der Waals surface area contributed by atoms with E-state index >= 15 is 0 Å². The Morgan fingerprint density at radius 3 is 2.53 bits per heavy atom. The Morgan fingerprint density at radius 2 is 1.83 bits per heavy atom. The maximum absolute atomic E-state index is 11.9. The second-order valence-corrected chi connectivity index (χ2v) is 7.91. The Balaban J connectivity index is 1.47. The molecule has 7 heteroatoms. The number of ether oxygens (including phenoxy) is 1. The molecule has 30 heavy (non-hydrogen) atoms. The van der Waals surface area contributed by atoms with Gasteiger partial charge in [0.25, 0.3) is 5.91 Å². The number of aryl methyl sites for hydroxylation is 1. The number of nitrogens with zero attached hydrogens (tertiary/aromatic N) is 1. The summed E-state index contributed by atoms with van der Waals surface area (Å²) >= 11 is 9.40. The van der Waals surface area contributed by atoms with Crippen molar-refractivity contribution in [3.8, 4) is 5.75 Å². The molecule has 0 spiro atoms. The summed E-state index contributed by atoms with van der Waals surface area (Å²) in [6, 6.07) is 20.9. The summed E-state index contributed by atoms with van der Waals surface area (Å²) in [5, 5.41) is 7.75. The molecule has 0 fully saturated rings. The summed E-state index contributed by atoms with van der Waals surface area (Å²) < 4.78 is 6.63. The van der Waals surface area contributed by atoms with E-state index in [-0.39, 0.29) is 12.5 Å². The molecular weight excluding hydrogens is 466 g/mol. The molecule has 3 aromatic rings. The zero-order valence-electron chi connectivity index (χ0n) is 16.4. The Kier molecular flexibility index (Phi) is 7.88. The molecule has 0 saturated heterocycles. The number of benzene rings is 3.